The van der Waals surface area contributed by atoms with Crippen molar-refractivity contribution in [3.63, 3.8) is 0 Å². The van der Waals surface area contributed by atoms with Gasteiger partial charge in [0.25, 0.3) is 0 Å². The molecule has 0 spiro atoms. The summed E-state index contributed by atoms with van der Waals surface area (Å²) in [5.41, 5.74) is 1.15. The van der Waals surface area contributed by atoms with Crippen LogP contribution >= 0.6 is 0 Å². The number of nitrogens with zero attached hydrogens (tertiary/aromatic N) is 1. The lowest BCUT2D eigenvalue weighted by atomic mass is 10.0. The van der Waals surface area contributed by atoms with Gasteiger partial charge >= 0.3 is 0 Å². The minimum atomic E-state index is 0.133. The van der Waals surface area contributed by atoms with E-state index < -0.39 is 0 Å². The second kappa shape index (κ2) is 7.11. The van der Waals surface area contributed by atoms with Gasteiger partial charge in [0, 0.05) is 31.7 Å². The monoisotopic (exact) mass is 303 g/mol. The van der Waals surface area contributed by atoms with Crippen molar-refractivity contribution in [2.75, 3.05) is 39.8 Å². The molecule has 2 N–H and O–H groups in total. The summed E-state index contributed by atoms with van der Waals surface area (Å²) < 4.78 is 5.48. The van der Waals surface area contributed by atoms with Crippen LogP contribution in [0.2, 0.25) is 0 Å². The molecule has 2 fully saturated rings. The molecule has 120 valence electrons. The first kappa shape index (κ1) is 15.3. The van der Waals surface area contributed by atoms with Crippen molar-refractivity contribution < 1.29 is 9.53 Å². The predicted octanol–water partition coefficient (Wildman–Crippen LogP) is 1.17. The normalized spacial score (nSPS) is 22.3. The number of hydrogen-bond acceptors (Lipinski definition) is 4. The lowest BCUT2D eigenvalue weighted by Gasteiger charge is -2.36. The van der Waals surface area contributed by atoms with Gasteiger partial charge in [-0.25, -0.2) is 0 Å². The van der Waals surface area contributed by atoms with Crippen LogP contribution in [0.1, 0.15) is 24.4 Å². The Kier molecular flexibility index (Phi) is 4.95. The fraction of sp³-hybridized carbons (Fsp3) is 0.588. The Labute approximate surface area is 132 Å². The zero-order valence-electron chi connectivity index (χ0n) is 13.2. The quantitative estimate of drug-likeness (QED) is 0.828. The Balaban J connectivity index is 1.66. The Morgan fingerprint density at radius 3 is 3.00 bits per heavy atom. The van der Waals surface area contributed by atoms with Crippen LogP contribution in [0.5, 0.6) is 5.75 Å². The lowest BCUT2D eigenvalue weighted by Crippen LogP contribution is -2.49. The maximum absolute atomic E-state index is 12.2. The summed E-state index contributed by atoms with van der Waals surface area (Å²) >= 11 is 0. The predicted molar refractivity (Wildman–Crippen MR) is 85.9 cm³/mol. The minimum Gasteiger partial charge on any atom is -0.496 e. The second-order valence-electron chi connectivity index (χ2n) is 6.18. The first-order chi connectivity index (χ1) is 10.8. The van der Waals surface area contributed by atoms with Gasteiger partial charge in [-0.15, -0.1) is 0 Å². The van der Waals surface area contributed by atoms with Crippen molar-refractivity contribution in [1.29, 1.82) is 0 Å². The van der Waals surface area contributed by atoms with Crippen LogP contribution in [0, 0.1) is 5.92 Å². The number of piperazine rings is 1. The molecule has 5 nitrogen and oxygen atoms in total. The average molecular weight is 303 g/mol. The molecular formula is C17H25N3O2. The smallest absolute Gasteiger partial charge is 0.234 e. The summed E-state index contributed by atoms with van der Waals surface area (Å²) in [6, 6.07) is 8.25. The molecule has 1 aliphatic heterocycles. The van der Waals surface area contributed by atoms with Gasteiger partial charge in [-0.3, -0.25) is 9.69 Å². The molecule has 1 saturated carbocycles. The van der Waals surface area contributed by atoms with E-state index in [4.69, 9.17) is 4.74 Å². The summed E-state index contributed by atoms with van der Waals surface area (Å²) in [6.07, 6.45) is 2.52. The van der Waals surface area contributed by atoms with Gasteiger partial charge in [-0.1, -0.05) is 18.2 Å². The van der Waals surface area contributed by atoms with E-state index in [0.29, 0.717) is 6.54 Å². The van der Waals surface area contributed by atoms with Crippen molar-refractivity contribution in [3.05, 3.63) is 29.8 Å². The Hall–Kier alpha value is -1.59. The summed E-state index contributed by atoms with van der Waals surface area (Å²) in [6.45, 7) is 3.93. The van der Waals surface area contributed by atoms with Crippen molar-refractivity contribution in [2.45, 2.75) is 18.9 Å². The zero-order chi connectivity index (χ0) is 15.4. The summed E-state index contributed by atoms with van der Waals surface area (Å²) in [4.78, 5) is 14.4. The van der Waals surface area contributed by atoms with Crippen molar-refractivity contribution >= 4 is 5.91 Å². The maximum atomic E-state index is 12.2. The summed E-state index contributed by atoms with van der Waals surface area (Å²) in [5, 5.41) is 6.48. The maximum Gasteiger partial charge on any atom is 0.234 e. The van der Waals surface area contributed by atoms with Gasteiger partial charge in [-0.2, -0.15) is 0 Å². The summed E-state index contributed by atoms with van der Waals surface area (Å²) in [5.74, 6) is 1.74. The van der Waals surface area contributed by atoms with E-state index >= 15 is 0 Å². The van der Waals surface area contributed by atoms with Gasteiger partial charge in [0.1, 0.15) is 5.75 Å². The number of nitrogens with one attached hydrogen (secondary N) is 2. The van der Waals surface area contributed by atoms with Crippen LogP contribution in [-0.2, 0) is 4.79 Å². The van der Waals surface area contributed by atoms with Gasteiger partial charge < -0.3 is 15.4 Å². The SMILES string of the molecule is COc1ccccc1C1CNCCN1CC(=O)NCC1CC1. The average Bonchev–Trinajstić information content (AvgIpc) is 3.38. The van der Waals surface area contributed by atoms with Crippen molar-refractivity contribution in [2.24, 2.45) is 5.92 Å². The van der Waals surface area contributed by atoms with Gasteiger partial charge in [0.05, 0.1) is 19.7 Å². The zero-order valence-corrected chi connectivity index (χ0v) is 13.2. The molecule has 5 heteroatoms. The van der Waals surface area contributed by atoms with Gasteiger partial charge in [0.2, 0.25) is 5.91 Å². The third-order valence-electron chi connectivity index (χ3n) is 4.48. The number of amides is 1. The molecule has 1 aliphatic carbocycles. The fourth-order valence-electron chi connectivity index (χ4n) is 3.00. The van der Waals surface area contributed by atoms with E-state index in [9.17, 15) is 4.79 Å². The number of carbonyl (C=O) groups excluding carboxylic acids is 1. The first-order valence-corrected chi connectivity index (χ1v) is 8.12. The van der Waals surface area contributed by atoms with E-state index in [1.807, 2.05) is 18.2 Å². The van der Waals surface area contributed by atoms with E-state index in [1.165, 1.54) is 12.8 Å². The molecule has 2 aliphatic rings. The second-order valence-corrected chi connectivity index (χ2v) is 6.18. The first-order valence-electron chi connectivity index (χ1n) is 8.12. The van der Waals surface area contributed by atoms with E-state index in [2.05, 4.69) is 21.6 Å². The molecule has 3 rings (SSSR count). The number of rotatable bonds is 6. The van der Waals surface area contributed by atoms with Crippen LogP contribution < -0.4 is 15.4 Å². The minimum absolute atomic E-state index is 0.133. The number of hydrogen-bond donors (Lipinski definition) is 2. The largest absolute Gasteiger partial charge is 0.496 e. The highest BCUT2D eigenvalue weighted by Gasteiger charge is 2.28. The van der Waals surface area contributed by atoms with Crippen molar-refractivity contribution in [3.8, 4) is 5.75 Å². The number of methoxy groups -OCH3 is 1. The fourth-order valence-corrected chi connectivity index (χ4v) is 3.00. The third kappa shape index (κ3) is 3.78. The number of ether oxygens (including phenoxy) is 1. The van der Waals surface area contributed by atoms with Gasteiger partial charge in [-0.05, 0) is 24.8 Å². The Morgan fingerprint density at radius 2 is 2.23 bits per heavy atom. The van der Waals surface area contributed by atoms with Crippen LogP contribution in [0.25, 0.3) is 0 Å². The Morgan fingerprint density at radius 1 is 1.41 bits per heavy atom. The highest BCUT2D eigenvalue weighted by atomic mass is 16.5. The lowest BCUT2D eigenvalue weighted by molar-refractivity contribution is -0.123. The Bertz CT molecular complexity index is 516. The molecule has 1 unspecified atom stereocenters. The summed E-state index contributed by atoms with van der Waals surface area (Å²) in [7, 11) is 1.70. The topological polar surface area (TPSA) is 53.6 Å². The molecule has 1 aromatic carbocycles. The molecule has 1 saturated heterocycles. The molecule has 1 aromatic rings. The number of carbonyl (C=O) groups is 1. The standard InChI is InChI=1S/C17H25N3O2/c1-22-16-5-3-2-4-14(16)15-11-18-8-9-20(15)12-17(21)19-10-13-6-7-13/h2-5,13,15,18H,6-12H2,1H3,(H,19,21). The highest BCUT2D eigenvalue weighted by molar-refractivity contribution is 5.78. The van der Waals surface area contributed by atoms with Crippen LogP contribution in [0.3, 0.4) is 0 Å². The molecule has 1 amide bonds. The molecule has 0 bridgehead atoms. The van der Waals surface area contributed by atoms with Crippen LogP contribution in [0.4, 0.5) is 0 Å². The number of para-hydroxylation sites is 1. The molecular weight excluding hydrogens is 278 g/mol. The molecule has 0 aromatic heterocycles. The van der Waals surface area contributed by atoms with E-state index in [1.54, 1.807) is 7.11 Å². The third-order valence-corrected chi connectivity index (χ3v) is 4.48. The van der Waals surface area contributed by atoms with E-state index in [0.717, 1.165) is 43.4 Å². The highest BCUT2D eigenvalue weighted by Crippen LogP contribution is 2.30. The molecule has 1 heterocycles. The van der Waals surface area contributed by atoms with Gasteiger partial charge in [0.15, 0.2) is 0 Å². The molecule has 22 heavy (non-hydrogen) atoms. The van der Waals surface area contributed by atoms with Crippen LogP contribution in [0.15, 0.2) is 24.3 Å². The molecule has 1 atom stereocenters. The van der Waals surface area contributed by atoms with E-state index in [-0.39, 0.29) is 11.9 Å². The van der Waals surface area contributed by atoms with Crippen molar-refractivity contribution in [1.82, 2.24) is 15.5 Å². The number of benzene rings is 1. The van der Waals surface area contributed by atoms with Crippen LogP contribution in [-0.4, -0.2) is 50.6 Å². The molecule has 0 radical (unpaired) electrons.